The van der Waals surface area contributed by atoms with E-state index in [1.165, 1.54) is 12.1 Å². The molecule has 29 heavy (non-hydrogen) atoms. The van der Waals surface area contributed by atoms with Crippen LogP contribution in [0.2, 0.25) is 0 Å². The van der Waals surface area contributed by atoms with Gasteiger partial charge in [0, 0.05) is 37.9 Å². The molecular weight excluding hydrogens is 426 g/mol. The summed E-state index contributed by atoms with van der Waals surface area (Å²) in [6.07, 6.45) is -9.91. The van der Waals surface area contributed by atoms with Gasteiger partial charge in [-0.3, -0.25) is 0 Å². The number of alkyl halides is 6. The zero-order chi connectivity index (χ0) is 21.5. The van der Waals surface area contributed by atoms with E-state index in [0.29, 0.717) is 5.71 Å². The first-order valence-corrected chi connectivity index (χ1v) is 10.4. The van der Waals surface area contributed by atoms with Crippen molar-refractivity contribution in [3.05, 3.63) is 35.4 Å². The molecule has 1 atom stereocenters. The summed E-state index contributed by atoms with van der Waals surface area (Å²) < 4.78 is 101. The molecular formula is C17H18F6N2O3S. The Bertz CT molecular complexity index is 831. The molecule has 3 rings (SSSR count). The smallest absolute Gasteiger partial charge is 0.416 e. The molecule has 0 aromatic heterocycles. The van der Waals surface area contributed by atoms with E-state index >= 15 is 0 Å². The second-order valence-corrected chi connectivity index (χ2v) is 9.24. The van der Waals surface area contributed by atoms with Gasteiger partial charge in [-0.25, -0.2) is 0 Å². The van der Waals surface area contributed by atoms with Crippen molar-refractivity contribution in [2.24, 2.45) is 5.16 Å². The summed E-state index contributed by atoms with van der Waals surface area (Å²) >= 11 is 0. The summed E-state index contributed by atoms with van der Waals surface area (Å²) in [6.45, 7) is -0.0723. The zero-order valence-electron chi connectivity index (χ0n) is 15.1. The SMILES string of the molecule is O=[S+]([O-])(CCC(F)(F)F)N1CCC2(CC1)CC(c1cccc(C(F)(F)F)c1)=NO2. The van der Waals surface area contributed by atoms with Crippen molar-refractivity contribution < 1.29 is 39.9 Å². The molecule has 2 heterocycles. The van der Waals surface area contributed by atoms with E-state index in [9.17, 15) is 35.1 Å². The zero-order valence-corrected chi connectivity index (χ0v) is 15.9. The van der Waals surface area contributed by atoms with Crippen LogP contribution in [0.4, 0.5) is 26.3 Å². The molecule has 162 valence electrons. The third-order valence-electron chi connectivity index (χ3n) is 5.03. The van der Waals surface area contributed by atoms with Crippen molar-refractivity contribution in [2.75, 3.05) is 18.8 Å². The second-order valence-electron chi connectivity index (χ2n) is 7.15. The van der Waals surface area contributed by atoms with Gasteiger partial charge in [-0.1, -0.05) is 21.5 Å². The lowest BCUT2D eigenvalue weighted by molar-refractivity contribution is -0.137. The minimum absolute atomic E-state index is 0.0361. The van der Waals surface area contributed by atoms with Gasteiger partial charge >= 0.3 is 12.4 Å². The number of benzene rings is 1. The van der Waals surface area contributed by atoms with Crippen LogP contribution in [0.15, 0.2) is 29.4 Å². The van der Waals surface area contributed by atoms with E-state index in [0.717, 1.165) is 16.4 Å². The molecule has 0 saturated carbocycles. The van der Waals surface area contributed by atoms with E-state index < -0.39 is 46.1 Å². The topological polar surface area (TPSA) is 65.0 Å². The molecule has 0 amide bonds. The number of hydrogen-bond donors (Lipinski definition) is 0. The van der Waals surface area contributed by atoms with Crippen LogP contribution in [0.5, 0.6) is 0 Å². The minimum atomic E-state index is -4.56. The molecule has 0 bridgehead atoms. The average molecular weight is 444 g/mol. The fraction of sp³-hybridized carbons (Fsp3) is 0.588. The standard InChI is InChI=1S/C17H18F6N2O3S/c18-16(19,20)6-9-29(26,27)25-7-4-15(5-8-25)11-14(24-28-15)12-2-1-3-13(10-12)17(21,22)23/h1-3,10H,4-9,11H2. The Balaban J connectivity index is 1.62. The average Bonchev–Trinajstić information content (AvgIpc) is 3.03. The van der Waals surface area contributed by atoms with Crippen LogP contribution in [0, 0.1) is 0 Å². The molecule has 0 radical (unpaired) electrons. The molecule has 1 spiro atoms. The molecule has 0 aliphatic carbocycles. The second kappa shape index (κ2) is 7.55. The largest absolute Gasteiger partial charge is 0.598 e. The van der Waals surface area contributed by atoms with Crippen molar-refractivity contribution in [3.63, 3.8) is 0 Å². The predicted octanol–water partition coefficient (Wildman–Crippen LogP) is 4.16. The molecule has 0 N–H and O–H groups in total. The van der Waals surface area contributed by atoms with Crippen molar-refractivity contribution in [2.45, 2.75) is 43.6 Å². The van der Waals surface area contributed by atoms with Gasteiger partial charge in [-0.05, 0) is 12.1 Å². The highest BCUT2D eigenvalue weighted by atomic mass is 32.3. The Labute approximate surface area is 164 Å². The molecule has 2 aliphatic rings. The summed E-state index contributed by atoms with van der Waals surface area (Å²) in [6, 6.07) is 4.66. The third kappa shape index (κ3) is 5.28. The lowest BCUT2D eigenvalue weighted by atomic mass is 9.86. The minimum Gasteiger partial charge on any atom is -0.598 e. The summed E-state index contributed by atoms with van der Waals surface area (Å²) in [5.74, 6) is -1.02. The molecule has 1 aromatic rings. The maximum Gasteiger partial charge on any atom is 0.416 e. The highest BCUT2D eigenvalue weighted by molar-refractivity contribution is 7.95. The van der Waals surface area contributed by atoms with Crippen molar-refractivity contribution in [1.82, 2.24) is 4.31 Å². The van der Waals surface area contributed by atoms with E-state index in [1.54, 1.807) is 0 Å². The fourth-order valence-electron chi connectivity index (χ4n) is 3.37. The predicted molar refractivity (Wildman–Crippen MR) is 91.6 cm³/mol. The highest BCUT2D eigenvalue weighted by Gasteiger charge is 2.46. The van der Waals surface area contributed by atoms with Gasteiger partial charge in [0.2, 0.25) is 0 Å². The van der Waals surface area contributed by atoms with Gasteiger partial charge in [0.05, 0.1) is 17.7 Å². The van der Waals surface area contributed by atoms with Crippen molar-refractivity contribution in [1.29, 1.82) is 0 Å². The van der Waals surface area contributed by atoms with E-state index in [1.807, 2.05) is 0 Å². The summed E-state index contributed by atoms with van der Waals surface area (Å²) in [5.41, 5.74) is -1.09. The number of rotatable bonds is 4. The van der Waals surface area contributed by atoms with Crippen molar-refractivity contribution >= 4 is 16.1 Å². The molecule has 1 unspecified atom stereocenters. The Morgan fingerprint density at radius 1 is 1.17 bits per heavy atom. The highest BCUT2D eigenvalue weighted by Crippen LogP contribution is 2.38. The van der Waals surface area contributed by atoms with E-state index in [-0.39, 0.29) is 37.9 Å². The number of sulfonamides is 1. The van der Waals surface area contributed by atoms with Crippen molar-refractivity contribution in [3.8, 4) is 0 Å². The fourth-order valence-corrected chi connectivity index (χ4v) is 4.85. The van der Waals surface area contributed by atoms with Crippen LogP contribution in [-0.4, -0.2) is 45.2 Å². The van der Waals surface area contributed by atoms with Gasteiger partial charge in [0.15, 0.2) is 0 Å². The first kappa shape index (κ1) is 22.0. The molecule has 1 fully saturated rings. The number of piperidine rings is 1. The first-order valence-electron chi connectivity index (χ1n) is 8.77. The Kier molecular flexibility index (Phi) is 5.73. The quantitative estimate of drug-likeness (QED) is 0.518. The normalized spacial score (nSPS) is 22.2. The lowest BCUT2D eigenvalue weighted by Crippen LogP contribution is -2.50. The van der Waals surface area contributed by atoms with E-state index in [4.69, 9.17) is 4.84 Å². The maximum atomic E-state index is 12.9. The number of nitrogens with zero attached hydrogens (tertiary/aromatic N) is 2. The lowest BCUT2D eigenvalue weighted by Gasteiger charge is -2.38. The van der Waals surface area contributed by atoms with Crippen LogP contribution in [-0.2, 0) is 25.6 Å². The van der Waals surface area contributed by atoms with Crippen LogP contribution >= 0.6 is 0 Å². The maximum absolute atomic E-state index is 12.9. The van der Waals surface area contributed by atoms with Gasteiger partial charge in [-0.2, -0.15) is 26.3 Å². The van der Waals surface area contributed by atoms with Crippen LogP contribution in [0.3, 0.4) is 0 Å². The molecule has 1 saturated heterocycles. The molecule has 5 nitrogen and oxygen atoms in total. The Morgan fingerprint density at radius 3 is 2.41 bits per heavy atom. The van der Waals surface area contributed by atoms with Gasteiger partial charge in [0.25, 0.3) is 0 Å². The molecule has 1 aromatic carbocycles. The van der Waals surface area contributed by atoms with Crippen LogP contribution < -0.4 is 0 Å². The first-order chi connectivity index (χ1) is 13.3. The van der Waals surface area contributed by atoms with E-state index in [2.05, 4.69) is 5.16 Å². The molecule has 2 aliphatic heterocycles. The molecule has 12 heteroatoms. The Morgan fingerprint density at radius 2 is 1.83 bits per heavy atom. The summed E-state index contributed by atoms with van der Waals surface area (Å²) in [5, 5.41) is 3.89. The van der Waals surface area contributed by atoms with Crippen LogP contribution in [0.1, 0.15) is 36.8 Å². The number of hydrogen-bond acceptors (Lipinski definition) is 4. The monoisotopic (exact) mass is 444 g/mol. The van der Waals surface area contributed by atoms with Gasteiger partial charge in [0.1, 0.15) is 21.8 Å². The summed E-state index contributed by atoms with van der Waals surface area (Å²) in [4.78, 5) is 5.45. The third-order valence-corrected chi connectivity index (χ3v) is 6.90. The van der Waals surface area contributed by atoms with Crippen LogP contribution in [0.25, 0.3) is 0 Å². The van der Waals surface area contributed by atoms with Gasteiger partial charge in [-0.15, -0.1) is 4.31 Å². The van der Waals surface area contributed by atoms with Gasteiger partial charge < -0.3 is 9.39 Å². The number of halogens is 6. The summed E-state index contributed by atoms with van der Waals surface area (Å²) in [7, 11) is -4.06. The number of oxime groups is 1. The Hall–Kier alpha value is -1.66.